The van der Waals surface area contributed by atoms with Crippen molar-refractivity contribution in [3.05, 3.63) is 18.2 Å². The van der Waals surface area contributed by atoms with Crippen molar-refractivity contribution in [2.75, 3.05) is 0 Å². The first-order valence-electron chi connectivity index (χ1n) is 2.36. The Balaban J connectivity index is 3.25. The highest BCUT2D eigenvalue weighted by Crippen LogP contribution is 2.25. The molecule has 1 aromatic rings. The fraction of sp³-hybridized carbons (Fsp3) is 0. The molecule has 1 rings (SSSR count). The van der Waals surface area contributed by atoms with Gasteiger partial charge in [-0.05, 0) is 0 Å². The highest BCUT2D eigenvalue weighted by molar-refractivity contribution is 5.45. The molecule has 0 aliphatic carbocycles. The van der Waals surface area contributed by atoms with Gasteiger partial charge in [-0.25, -0.2) is 0 Å². The minimum Gasteiger partial charge on any atom is -0.873 e. The lowest BCUT2D eigenvalue weighted by atomic mass is 10.3. The average Bonchev–Trinajstić information content (AvgIpc) is 1.83. The van der Waals surface area contributed by atoms with Crippen LogP contribution in [0.2, 0.25) is 0 Å². The van der Waals surface area contributed by atoms with Crippen molar-refractivity contribution in [3.63, 3.8) is 0 Å². The first-order valence-corrected chi connectivity index (χ1v) is 2.36. The number of rotatable bonds is 0. The summed E-state index contributed by atoms with van der Waals surface area (Å²) in [7, 11) is 0. The Labute approximate surface area is 51.8 Å². The van der Waals surface area contributed by atoms with Crippen molar-refractivity contribution < 1.29 is 15.3 Å². The smallest absolute Gasteiger partial charge is 0.0635 e. The highest BCUT2D eigenvalue weighted by atomic mass is 16.3. The van der Waals surface area contributed by atoms with Crippen LogP contribution in [0.25, 0.3) is 0 Å². The first kappa shape index (κ1) is 5.75. The molecule has 1 aromatic carbocycles. The SMILES string of the molecule is [O-]c1cccc([O-])c1[O-]. The maximum atomic E-state index is 10.3. The van der Waals surface area contributed by atoms with Gasteiger partial charge in [-0.2, -0.15) is 0 Å². The van der Waals surface area contributed by atoms with Crippen molar-refractivity contribution in [2.24, 2.45) is 0 Å². The summed E-state index contributed by atoms with van der Waals surface area (Å²) < 4.78 is 0. The quantitative estimate of drug-likeness (QED) is 0.440. The Morgan fingerprint density at radius 3 is 1.67 bits per heavy atom. The van der Waals surface area contributed by atoms with Crippen molar-refractivity contribution in [1.82, 2.24) is 0 Å². The van der Waals surface area contributed by atoms with E-state index >= 15 is 0 Å². The van der Waals surface area contributed by atoms with Gasteiger partial charge in [0.25, 0.3) is 0 Å². The molecular weight excluding hydrogens is 120 g/mol. The van der Waals surface area contributed by atoms with Gasteiger partial charge in [0.2, 0.25) is 0 Å². The van der Waals surface area contributed by atoms with E-state index in [2.05, 4.69) is 0 Å². The fourth-order valence-corrected chi connectivity index (χ4v) is 0.496. The zero-order valence-corrected chi connectivity index (χ0v) is 4.46. The van der Waals surface area contributed by atoms with Crippen molar-refractivity contribution in [1.29, 1.82) is 0 Å². The van der Waals surface area contributed by atoms with Gasteiger partial charge >= 0.3 is 0 Å². The Hall–Kier alpha value is -1.38. The maximum absolute atomic E-state index is 10.3. The molecule has 0 saturated heterocycles. The third-order valence-corrected chi connectivity index (χ3v) is 0.943. The zero-order valence-electron chi connectivity index (χ0n) is 4.46. The lowest BCUT2D eigenvalue weighted by Crippen LogP contribution is -2.03. The van der Waals surface area contributed by atoms with Crippen LogP contribution < -0.4 is 15.3 Å². The van der Waals surface area contributed by atoms with Crippen LogP contribution >= 0.6 is 0 Å². The predicted molar refractivity (Wildman–Crippen MR) is 24.8 cm³/mol. The summed E-state index contributed by atoms with van der Waals surface area (Å²) in [5.41, 5.74) is 0. The molecule has 0 unspecified atom stereocenters. The average molecular weight is 123 g/mol. The Kier molecular flexibility index (Phi) is 1.18. The van der Waals surface area contributed by atoms with Crippen LogP contribution in [0.5, 0.6) is 17.2 Å². The van der Waals surface area contributed by atoms with E-state index in [9.17, 15) is 15.3 Å². The van der Waals surface area contributed by atoms with Gasteiger partial charge in [-0.15, -0.1) is 17.2 Å². The molecule has 0 amide bonds. The van der Waals surface area contributed by atoms with Crippen molar-refractivity contribution in [3.8, 4) is 17.2 Å². The van der Waals surface area contributed by atoms with Gasteiger partial charge in [-0.1, -0.05) is 18.2 Å². The molecule has 0 aliphatic heterocycles. The molecule has 0 N–H and O–H groups in total. The fourth-order valence-electron chi connectivity index (χ4n) is 0.496. The second-order valence-corrected chi connectivity index (χ2v) is 1.58. The van der Waals surface area contributed by atoms with Crippen LogP contribution in [0.1, 0.15) is 0 Å². The zero-order chi connectivity index (χ0) is 6.85. The van der Waals surface area contributed by atoms with Crippen molar-refractivity contribution >= 4 is 0 Å². The van der Waals surface area contributed by atoms with Crippen LogP contribution in [0, 0.1) is 0 Å². The van der Waals surface area contributed by atoms with Gasteiger partial charge in [-0.3, -0.25) is 0 Å². The summed E-state index contributed by atoms with van der Waals surface area (Å²) in [6.45, 7) is 0. The monoisotopic (exact) mass is 123 g/mol. The summed E-state index contributed by atoms with van der Waals surface area (Å²) in [6, 6.07) is 3.42. The van der Waals surface area contributed by atoms with Crippen LogP contribution in [0.4, 0.5) is 0 Å². The molecular formula is C6H3O3-3. The summed E-state index contributed by atoms with van der Waals surface area (Å²) in [6.07, 6.45) is 0. The van der Waals surface area contributed by atoms with Crippen LogP contribution in [0.15, 0.2) is 18.2 Å². The number of hydrogen-bond acceptors (Lipinski definition) is 3. The largest absolute Gasteiger partial charge is 0.873 e. The van der Waals surface area contributed by atoms with E-state index < -0.39 is 17.2 Å². The first-order chi connectivity index (χ1) is 4.22. The van der Waals surface area contributed by atoms with E-state index in [0.29, 0.717) is 0 Å². The minimum absolute atomic E-state index is 0.734. The third kappa shape index (κ3) is 0.887. The Bertz CT molecular complexity index is 199. The molecule has 0 radical (unpaired) electrons. The summed E-state index contributed by atoms with van der Waals surface area (Å²) in [4.78, 5) is 0. The second kappa shape index (κ2) is 1.85. The molecule has 0 fully saturated rings. The molecule has 0 aliphatic rings. The van der Waals surface area contributed by atoms with Crippen LogP contribution in [-0.4, -0.2) is 0 Å². The summed E-state index contributed by atoms with van der Waals surface area (Å²) in [5.74, 6) is -2.41. The van der Waals surface area contributed by atoms with Crippen LogP contribution in [-0.2, 0) is 0 Å². The van der Waals surface area contributed by atoms with E-state index in [4.69, 9.17) is 0 Å². The molecule has 0 heterocycles. The van der Waals surface area contributed by atoms with Gasteiger partial charge in [0, 0.05) is 0 Å². The normalized spacial score (nSPS) is 9.33. The molecule has 3 heteroatoms. The molecule has 0 atom stereocenters. The van der Waals surface area contributed by atoms with E-state index in [1.807, 2.05) is 0 Å². The molecule has 0 spiro atoms. The van der Waals surface area contributed by atoms with Gasteiger partial charge in [0.05, 0.1) is 0 Å². The van der Waals surface area contributed by atoms with E-state index in [1.54, 1.807) is 0 Å². The lowest BCUT2D eigenvalue weighted by Gasteiger charge is -2.24. The maximum Gasteiger partial charge on any atom is -0.0635 e. The lowest BCUT2D eigenvalue weighted by molar-refractivity contribution is -0.341. The molecule has 48 valence electrons. The second-order valence-electron chi connectivity index (χ2n) is 1.58. The number of para-hydroxylation sites is 1. The Morgan fingerprint density at radius 2 is 1.33 bits per heavy atom. The van der Waals surface area contributed by atoms with E-state index in [0.717, 1.165) is 12.1 Å². The van der Waals surface area contributed by atoms with E-state index in [1.165, 1.54) is 6.07 Å². The topological polar surface area (TPSA) is 69.2 Å². The standard InChI is InChI=1S/C6H6O3/c7-4-2-1-3-5(8)6(4)9/h1-3,7-9H/p-3. The molecule has 0 bridgehead atoms. The van der Waals surface area contributed by atoms with Crippen molar-refractivity contribution in [2.45, 2.75) is 0 Å². The van der Waals surface area contributed by atoms with Gasteiger partial charge in [0.1, 0.15) is 0 Å². The minimum atomic E-state index is -0.947. The predicted octanol–water partition coefficient (Wildman–Crippen LogP) is -1.09. The molecule has 9 heavy (non-hydrogen) atoms. The third-order valence-electron chi connectivity index (χ3n) is 0.943. The molecule has 0 saturated carbocycles. The van der Waals surface area contributed by atoms with Crippen LogP contribution in [0.3, 0.4) is 0 Å². The summed E-state index contributed by atoms with van der Waals surface area (Å²) in [5, 5.41) is 31.0. The summed E-state index contributed by atoms with van der Waals surface area (Å²) >= 11 is 0. The molecule has 0 aromatic heterocycles. The van der Waals surface area contributed by atoms with E-state index in [-0.39, 0.29) is 0 Å². The highest BCUT2D eigenvalue weighted by Gasteiger charge is 1.76. The number of benzene rings is 1. The van der Waals surface area contributed by atoms with Gasteiger partial charge in [0.15, 0.2) is 0 Å². The Morgan fingerprint density at radius 1 is 0.889 bits per heavy atom. The number of hydrogen-bond donors (Lipinski definition) is 0. The van der Waals surface area contributed by atoms with Gasteiger partial charge < -0.3 is 15.3 Å². The molecule has 3 nitrogen and oxygen atoms in total.